The highest BCUT2D eigenvalue weighted by Crippen LogP contribution is 2.26. The Kier molecular flexibility index (Phi) is 3.65. The molecule has 1 atom stereocenters. The first kappa shape index (κ1) is 13.7. The summed E-state index contributed by atoms with van der Waals surface area (Å²) in [6.45, 7) is 2.74. The molecule has 0 saturated carbocycles. The van der Waals surface area contributed by atoms with Gasteiger partial charge in [-0.25, -0.2) is 0 Å². The molecule has 2 aromatic carbocycles. The van der Waals surface area contributed by atoms with Gasteiger partial charge in [-0.15, -0.1) is 0 Å². The number of carbonyl (C=O) groups is 1. The lowest BCUT2D eigenvalue weighted by atomic mass is 9.93. The van der Waals surface area contributed by atoms with Crippen LogP contribution in [0, 0.1) is 12.8 Å². The molecule has 0 aromatic heterocycles. The maximum atomic E-state index is 12.7. The Bertz CT molecular complexity index is 666. The molecule has 1 heterocycles. The van der Waals surface area contributed by atoms with E-state index in [9.17, 15) is 4.79 Å². The standard InChI is InChI=1S/C18H20N2O/c1-13-6-5-8-16(10-13)20(2)18(21)15-11-14-7-3-4-9-17(14)19-12-15/h3-10,15,19H,11-12H2,1-2H3. The van der Waals surface area contributed by atoms with Gasteiger partial charge >= 0.3 is 0 Å². The van der Waals surface area contributed by atoms with Crippen LogP contribution < -0.4 is 10.2 Å². The molecule has 0 bridgehead atoms. The van der Waals surface area contributed by atoms with E-state index in [1.54, 1.807) is 4.90 Å². The minimum atomic E-state index is -0.00888. The first-order chi connectivity index (χ1) is 10.1. The highest BCUT2D eigenvalue weighted by molar-refractivity contribution is 5.95. The molecule has 1 N–H and O–H groups in total. The number of anilines is 2. The Morgan fingerprint density at radius 3 is 2.81 bits per heavy atom. The monoisotopic (exact) mass is 280 g/mol. The molecule has 2 aromatic rings. The average Bonchev–Trinajstić information content (AvgIpc) is 2.53. The molecule has 3 heteroatoms. The number of carbonyl (C=O) groups excluding carboxylic acids is 1. The second-order valence-electron chi connectivity index (χ2n) is 5.68. The molecule has 1 aliphatic rings. The maximum absolute atomic E-state index is 12.7. The molecule has 0 saturated heterocycles. The molecule has 21 heavy (non-hydrogen) atoms. The van der Waals surface area contributed by atoms with E-state index in [1.165, 1.54) is 11.1 Å². The fraction of sp³-hybridized carbons (Fsp3) is 0.278. The summed E-state index contributed by atoms with van der Waals surface area (Å²) in [5.41, 5.74) is 4.50. The minimum Gasteiger partial charge on any atom is -0.384 e. The van der Waals surface area contributed by atoms with Crippen LogP contribution in [0.4, 0.5) is 11.4 Å². The van der Waals surface area contributed by atoms with E-state index in [0.29, 0.717) is 6.54 Å². The van der Waals surface area contributed by atoms with Crippen molar-refractivity contribution in [1.29, 1.82) is 0 Å². The van der Waals surface area contributed by atoms with Crippen LogP contribution in [0.1, 0.15) is 11.1 Å². The number of rotatable bonds is 2. The lowest BCUT2D eigenvalue weighted by molar-refractivity contribution is -0.121. The highest BCUT2D eigenvalue weighted by Gasteiger charge is 2.27. The molecule has 0 radical (unpaired) electrons. The number of nitrogens with zero attached hydrogens (tertiary/aromatic N) is 1. The Labute approximate surface area is 125 Å². The Hall–Kier alpha value is -2.29. The maximum Gasteiger partial charge on any atom is 0.231 e. The molecule has 3 nitrogen and oxygen atoms in total. The zero-order valence-electron chi connectivity index (χ0n) is 12.5. The van der Waals surface area contributed by atoms with Gasteiger partial charge in [0.05, 0.1) is 5.92 Å². The van der Waals surface area contributed by atoms with Crippen molar-refractivity contribution >= 4 is 17.3 Å². The van der Waals surface area contributed by atoms with Gasteiger partial charge in [0.15, 0.2) is 0 Å². The Balaban J connectivity index is 1.77. The van der Waals surface area contributed by atoms with Crippen molar-refractivity contribution in [1.82, 2.24) is 0 Å². The van der Waals surface area contributed by atoms with Gasteiger partial charge < -0.3 is 10.2 Å². The normalized spacial score (nSPS) is 16.8. The van der Waals surface area contributed by atoms with E-state index in [4.69, 9.17) is 0 Å². The van der Waals surface area contributed by atoms with Crippen LogP contribution in [0.25, 0.3) is 0 Å². The molecule has 1 unspecified atom stereocenters. The Morgan fingerprint density at radius 1 is 1.19 bits per heavy atom. The van der Waals surface area contributed by atoms with E-state index in [2.05, 4.69) is 17.4 Å². The predicted molar refractivity (Wildman–Crippen MR) is 86.7 cm³/mol. The summed E-state index contributed by atoms with van der Waals surface area (Å²) in [7, 11) is 1.86. The van der Waals surface area contributed by atoms with Crippen molar-refractivity contribution in [3.8, 4) is 0 Å². The first-order valence-corrected chi connectivity index (χ1v) is 7.31. The molecular weight excluding hydrogens is 260 g/mol. The lowest BCUT2D eigenvalue weighted by Crippen LogP contribution is -2.39. The van der Waals surface area contributed by atoms with Gasteiger partial charge in [-0.3, -0.25) is 4.79 Å². The average molecular weight is 280 g/mol. The summed E-state index contributed by atoms with van der Waals surface area (Å²) in [6.07, 6.45) is 0.804. The van der Waals surface area contributed by atoms with Crippen molar-refractivity contribution in [3.63, 3.8) is 0 Å². The fourth-order valence-corrected chi connectivity index (χ4v) is 2.85. The van der Waals surface area contributed by atoms with Crippen LogP contribution in [0.3, 0.4) is 0 Å². The molecule has 0 fully saturated rings. The quantitative estimate of drug-likeness (QED) is 0.916. The third-order valence-corrected chi connectivity index (χ3v) is 4.09. The third kappa shape index (κ3) is 2.77. The van der Waals surface area contributed by atoms with Gasteiger partial charge in [-0.1, -0.05) is 30.3 Å². The molecular formula is C18H20N2O. The number of aryl methyl sites for hydroxylation is 1. The van der Waals surface area contributed by atoms with Gasteiger partial charge in [0, 0.05) is 25.0 Å². The SMILES string of the molecule is Cc1cccc(N(C)C(=O)C2CNc3ccccc3C2)c1. The van der Waals surface area contributed by atoms with E-state index < -0.39 is 0 Å². The number of benzene rings is 2. The van der Waals surface area contributed by atoms with E-state index in [-0.39, 0.29) is 11.8 Å². The smallest absolute Gasteiger partial charge is 0.231 e. The van der Waals surface area contributed by atoms with Crippen LogP contribution in [0.5, 0.6) is 0 Å². The van der Waals surface area contributed by atoms with Crippen LogP contribution in [0.2, 0.25) is 0 Å². The number of hydrogen-bond donors (Lipinski definition) is 1. The van der Waals surface area contributed by atoms with Crippen LogP contribution in [-0.2, 0) is 11.2 Å². The zero-order valence-corrected chi connectivity index (χ0v) is 12.5. The topological polar surface area (TPSA) is 32.3 Å². The predicted octanol–water partition coefficient (Wildman–Crippen LogP) is 3.24. The van der Waals surface area contributed by atoms with Crippen LogP contribution in [-0.4, -0.2) is 19.5 Å². The van der Waals surface area contributed by atoms with Crippen LogP contribution >= 0.6 is 0 Å². The number of fused-ring (bicyclic) bond motifs is 1. The van der Waals surface area contributed by atoms with Gasteiger partial charge in [-0.05, 0) is 42.7 Å². The van der Waals surface area contributed by atoms with Crippen molar-refractivity contribution in [3.05, 3.63) is 59.7 Å². The first-order valence-electron chi connectivity index (χ1n) is 7.31. The largest absolute Gasteiger partial charge is 0.384 e. The second kappa shape index (κ2) is 5.60. The summed E-state index contributed by atoms with van der Waals surface area (Å²) in [4.78, 5) is 14.5. The van der Waals surface area contributed by atoms with Crippen molar-refractivity contribution in [2.75, 3.05) is 23.8 Å². The Morgan fingerprint density at radius 2 is 2.00 bits per heavy atom. The lowest BCUT2D eigenvalue weighted by Gasteiger charge is -2.29. The number of hydrogen-bond acceptors (Lipinski definition) is 2. The molecule has 0 aliphatic carbocycles. The number of para-hydroxylation sites is 1. The molecule has 108 valence electrons. The van der Waals surface area contributed by atoms with E-state index >= 15 is 0 Å². The van der Waals surface area contributed by atoms with Gasteiger partial charge in [0.1, 0.15) is 0 Å². The van der Waals surface area contributed by atoms with Gasteiger partial charge in [-0.2, -0.15) is 0 Å². The highest BCUT2D eigenvalue weighted by atomic mass is 16.2. The van der Waals surface area contributed by atoms with E-state index in [1.807, 2.05) is 50.4 Å². The zero-order chi connectivity index (χ0) is 14.8. The summed E-state index contributed by atoms with van der Waals surface area (Å²) in [6, 6.07) is 16.3. The van der Waals surface area contributed by atoms with Gasteiger partial charge in [0.25, 0.3) is 0 Å². The molecule has 3 rings (SSSR count). The summed E-state index contributed by atoms with van der Waals surface area (Å²) in [5, 5.41) is 3.36. The van der Waals surface area contributed by atoms with Crippen molar-refractivity contribution < 1.29 is 4.79 Å². The molecule has 0 spiro atoms. The summed E-state index contributed by atoms with van der Waals surface area (Å²) in [5.74, 6) is 0.160. The summed E-state index contributed by atoms with van der Waals surface area (Å²) < 4.78 is 0. The molecule has 1 aliphatic heterocycles. The molecule has 1 amide bonds. The number of nitrogens with one attached hydrogen (secondary N) is 1. The van der Waals surface area contributed by atoms with E-state index in [0.717, 1.165) is 17.8 Å². The summed E-state index contributed by atoms with van der Waals surface area (Å²) >= 11 is 0. The third-order valence-electron chi connectivity index (χ3n) is 4.09. The van der Waals surface area contributed by atoms with Gasteiger partial charge in [0.2, 0.25) is 5.91 Å². The van der Waals surface area contributed by atoms with Crippen LogP contribution in [0.15, 0.2) is 48.5 Å². The fourth-order valence-electron chi connectivity index (χ4n) is 2.85. The minimum absolute atomic E-state index is 0.00888. The van der Waals surface area contributed by atoms with Crippen molar-refractivity contribution in [2.24, 2.45) is 5.92 Å². The van der Waals surface area contributed by atoms with Crippen molar-refractivity contribution in [2.45, 2.75) is 13.3 Å². The second-order valence-corrected chi connectivity index (χ2v) is 5.68. The number of amides is 1.